The van der Waals surface area contributed by atoms with Crippen molar-refractivity contribution in [3.05, 3.63) is 78.1 Å². The largest absolute Gasteiger partial charge is 0.380 e. The van der Waals surface area contributed by atoms with Crippen molar-refractivity contribution < 1.29 is 9.53 Å². The minimum atomic E-state index is -0.193. The molecule has 23 heavy (non-hydrogen) atoms. The van der Waals surface area contributed by atoms with Crippen molar-refractivity contribution >= 4 is 11.6 Å². The molecule has 3 aromatic rings. The zero-order valence-electron chi connectivity index (χ0n) is 12.8. The van der Waals surface area contributed by atoms with Crippen LogP contribution >= 0.6 is 0 Å². The third-order valence-electron chi connectivity index (χ3n) is 3.36. The van der Waals surface area contributed by atoms with Gasteiger partial charge in [-0.15, -0.1) is 0 Å². The Morgan fingerprint density at radius 1 is 1.17 bits per heavy atom. The number of nitrogens with zero attached hydrogens (tertiary/aromatic N) is 2. The first kappa shape index (κ1) is 15.0. The van der Waals surface area contributed by atoms with Crippen LogP contribution in [0.15, 0.2) is 67.0 Å². The average molecular weight is 307 g/mol. The number of ether oxygens (including phenoxy) is 1. The van der Waals surface area contributed by atoms with Gasteiger partial charge in [0.25, 0.3) is 5.91 Å². The highest BCUT2D eigenvalue weighted by Gasteiger charge is 2.10. The Kier molecular flexibility index (Phi) is 4.49. The average Bonchev–Trinajstić information content (AvgIpc) is 3.06. The van der Waals surface area contributed by atoms with E-state index in [0.717, 1.165) is 16.9 Å². The molecule has 0 saturated carbocycles. The molecule has 1 N–H and O–H groups in total. The molecule has 1 aromatic heterocycles. The van der Waals surface area contributed by atoms with E-state index in [1.54, 1.807) is 24.2 Å². The van der Waals surface area contributed by atoms with Gasteiger partial charge in [0.1, 0.15) is 0 Å². The Balaban J connectivity index is 1.74. The number of hydrogen-bond acceptors (Lipinski definition) is 3. The van der Waals surface area contributed by atoms with Gasteiger partial charge in [0.2, 0.25) is 0 Å². The first-order chi connectivity index (χ1) is 11.3. The van der Waals surface area contributed by atoms with Gasteiger partial charge in [-0.1, -0.05) is 30.3 Å². The molecule has 0 fully saturated rings. The second-order valence-electron chi connectivity index (χ2n) is 5.10. The van der Waals surface area contributed by atoms with Crippen LogP contribution in [0.1, 0.15) is 15.9 Å². The number of rotatable bonds is 5. The molecule has 0 bridgehead atoms. The second kappa shape index (κ2) is 6.89. The molecule has 0 unspecified atom stereocenters. The molecule has 1 amide bonds. The number of carbonyl (C=O) groups excluding carboxylic acids is 1. The number of amides is 1. The molecule has 0 aliphatic rings. The van der Waals surface area contributed by atoms with E-state index in [4.69, 9.17) is 4.74 Å². The third kappa shape index (κ3) is 3.64. The van der Waals surface area contributed by atoms with Crippen LogP contribution in [-0.2, 0) is 11.3 Å². The van der Waals surface area contributed by atoms with Crippen molar-refractivity contribution in [2.75, 3.05) is 12.4 Å². The van der Waals surface area contributed by atoms with E-state index in [2.05, 4.69) is 10.4 Å². The Morgan fingerprint density at radius 2 is 2.00 bits per heavy atom. The van der Waals surface area contributed by atoms with Crippen molar-refractivity contribution in [1.29, 1.82) is 0 Å². The lowest BCUT2D eigenvalue weighted by Gasteiger charge is -2.06. The van der Waals surface area contributed by atoms with Crippen molar-refractivity contribution in [2.24, 2.45) is 0 Å². The molecule has 0 saturated heterocycles. The lowest BCUT2D eigenvalue weighted by atomic mass is 10.2. The molecule has 0 spiro atoms. The predicted octanol–water partition coefficient (Wildman–Crippen LogP) is 3.27. The third-order valence-corrected chi connectivity index (χ3v) is 3.36. The van der Waals surface area contributed by atoms with Crippen molar-refractivity contribution in [2.45, 2.75) is 6.61 Å². The second-order valence-corrected chi connectivity index (χ2v) is 5.10. The van der Waals surface area contributed by atoms with Gasteiger partial charge in [-0.05, 0) is 29.8 Å². The summed E-state index contributed by atoms with van der Waals surface area (Å²) in [6.07, 6.45) is 3.27. The van der Waals surface area contributed by atoms with Crippen LogP contribution in [0.4, 0.5) is 5.69 Å². The zero-order valence-corrected chi connectivity index (χ0v) is 12.8. The number of carbonyl (C=O) groups is 1. The van der Waals surface area contributed by atoms with Crippen LogP contribution in [0.2, 0.25) is 0 Å². The number of anilines is 1. The summed E-state index contributed by atoms with van der Waals surface area (Å²) in [6, 6.07) is 17.2. The summed E-state index contributed by atoms with van der Waals surface area (Å²) in [5.74, 6) is -0.193. The molecule has 5 nitrogen and oxygen atoms in total. The minimum Gasteiger partial charge on any atom is -0.380 e. The van der Waals surface area contributed by atoms with Gasteiger partial charge < -0.3 is 10.1 Å². The fraction of sp³-hybridized carbons (Fsp3) is 0.111. The Hall–Kier alpha value is -2.92. The molecule has 0 aliphatic heterocycles. The van der Waals surface area contributed by atoms with Crippen LogP contribution in [0, 0.1) is 0 Å². The maximum absolute atomic E-state index is 12.3. The Labute approximate surface area is 134 Å². The van der Waals surface area contributed by atoms with E-state index in [-0.39, 0.29) is 5.91 Å². The Morgan fingerprint density at radius 3 is 2.78 bits per heavy atom. The molecule has 0 radical (unpaired) electrons. The van der Waals surface area contributed by atoms with Crippen LogP contribution in [0.3, 0.4) is 0 Å². The number of aromatic nitrogens is 2. The summed E-state index contributed by atoms with van der Waals surface area (Å²) in [6.45, 7) is 0.510. The highest BCUT2D eigenvalue weighted by atomic mass is 16.5. The maximum Gasteiger partial charge on any atom is 0.258 e. The number of hydrogen-bond donors (Lipinski definition) is 1. The summed E-state index contributed by atoms with van der Waals surface area (Å²) >= 11 is 0. The number of para-hydroxylation sites is 1. The van der Waals surface area contributed by atoms with Crippen LogP contribution in [0.25, 0.3) is 5.69 Å². The summed E-state index contributed by atoms with van der Waals surface area (Å²) in [7, 11) is 1.64. The van der Waals surface area contributed by atoms with Gasteiger partial charge in [-0.2, -0.15) is 5.10 Å². The summed E-state index contributed by atoms with van der Waals surface area (Å²) in [5.41, 5.74) is 3.15. The molecule has 116 valence electrons. The standard InChI is InChI=1S/C18H17N3O2/c1-23-13-14-6-5-7-16(10-14)20-18(22)15-11-19-21(12-15)17-8-3-2-4-9-17/h2-12H,13H2,1H3,(H,20,22). The van der Waals surface area contributed by atoms with E-state index in [0.29, 0.717) is 12.2 Å². The lowest BCUT2D eigenvalue weighted by molar-refractivity contribution is 0.102. The normalized spacial score (nSPS) is 10.5. The highest BCUT2D eigenvalue weighted by Crippen LogP contribution is 2.14. The smallest absolute Gasteiger partial charge is 0.258 e. The van der Waals surface area contributed by atoms with E-state index < -0.39 is 0 Å². The number of nitrogens with one attached hydrogen (secondary N) is 1. The lowest BCUT2D eigenvalue weighted by Crippen LogP contribution is -2.11. The monoisotopic (exact) mass is 307 g/mol. The number of methoxy groups -OCH3 is 1. The fourth-order valence-corrected chi connectivity index (χ4v) is 2.27. The van der Waals surface area contributed by atoms with Crippen molar-refractivity contribution in [3.8, 4) is 5.69 Å². The molecule has 1 heterocycles. The van der Waals surface area contributed by atoms with Gasteiger partial charge in [-0.3, -0.25) is 4.79 Å². The van der Waals surface area contributed by atoms with Crippen LogP contribution in [-0.4, -0.2) is 22.8 Å². The maximum atomic E-state index is 12.3. The van der Waals surface area contributed by atoms with E-state index in [1.807, 2.05) is 54.6 Å². The van der Waals surface area contributed by atoms with Crippen molar-refractivity contribution in [3.63, 3.8) is 0 Å². The SMILES string of the molecule is COCc1cccc(NC(=O)c2cnn(-c3ccccc3)c2)c1. The molecule has 5 heteroatoms. The highest BCUT2D eigenvalue weighted by molar-refractivity contribution is 6.04. The number of benzene rings is 2. The fourth-order valence-electron chi connectivity index (χ4n) is 2.27. The van der Waals surface area contributed by atoms with E-state index >= 15 is 0 Å². The van der Waals surface area contributed by atoms with Gasteiger partial charge in [0.15, 0.2) is 0 Å². The molecular weight excluding hydrogens is 290 g/mol. The quantitative estimate of drug-likeness (QED) is 0.787. The first-order valence-electron chi connectivity index (χ1n) is 7.25. The van der Waals surface area contributed by atoms with Crippen LogP contribution in [0.5, 0.6) is 0 Å². The Bertz CT molecular complexity index is 797. The van der Waals surface area contributed by atoms with Crippen LogP contribution < -0.4 is 5.32 Å². The van der Waals surface area contributed by atoms with Gasteiger partial charge in [-0.25, -0.2) is 4.68 Å². The molecule has 0 atom stereocenters. The molecule has 0 aliphatic carbocycles. The minimum absolute atomic E-state index is 0.193. The van der Waals surface area contributed by atoms with E-state index in [9.17, 15) is 4.79 Å². The molecular formula is C18H17N3O2. The summed E-state index contributed by atoms with van der Waals surface area (Å²) in [5, 5.41) is 7.11. The topological polar surface area (TPSA) is 56.1 Å². The molecule has 3 rings (SSSR count). The summed E-state index contributed by atoms with van der Waals surface area (Å²) < 4.78 is 6.78. The summed E-state index contributed by atoms with van der Waals surface area (Å²) in [4.78, 5) is 12.3. The van der Waals surface area contributed by atoms with Crippen molar-refractivity contribution in [1.82, 2.24) is 9.78 Å². The molecule has 2 aromatic carbocycles. The van der Waals surface area contributed by atoms with Gasteiger partial charge >= 0.3 is 0 Å². The van der Waals surface area contributed by atoms with Gasteiger partial charge in [0.05, 0.1) is 24.1 Å². The first-order valence-corrected chi connectivity index (χ1v) is 7.25. The van der Waals surface area contributed by atoms with Gasteiger partial charge in [0, 0.05) is 19.0 Å². The van der Waals surface area contributed by atoms with E-state index in [1.165, 1.54) is 0 Å². The predicted molar refractivity (Wildman–Crippen MR) is 88.7 cm³/mol. The zero-order chi connectivity index (χ0) is 16.1.